The maximum atomic E-state index is 3.57. The van der Waals surface area contributed by atoms with Crippen LogP contribution in [-0.2, 0) is 0 Å². The molecule has 1 fully saturated rings. The smallest absolute Gasteiger partial charge is 0.0207 e. The fourth-order valence-corrected chi connectivity index (χ4v) is 2.98. The quantitative estimate of drug-likeness (QED) is 0.681. The normalized spacial score (nSPS) is 22.8. The number of rotatable bonds is 9. The molecule has 1 aliphatic rings. The van der Waals surface area contributed by atoms with Crippen molar-refractivity contribution in [3.63, 3.8) is 0 Å². The zero-order valence-electron chi connectivity index (χ0n) is 12.9. The molecule has 1 aliphatic heterocycles. The highest BCUT2D eigenvalue weighted by Crippen LogP contribution is 2.15. The van der Waals surface area contributed by atoms with Gasteiger partial charge in [-0.3, -0.25) is 4.90 Å². The number of nitrogens with one attached hydrogen (secondary N) is 1. The fourth-order valence-electron chi connectivity index (χ4n) is 2.98. The minimum Gasteiger partial charge on any atom is -0.313 e. The topological polar surface area (TPSA) is 18.5 Å². The molecule has 2 atom stereocenters. The van der Waals surface area contributed by atoms with Crippen LogP contribution < -0.4 is 5.32 Å². The van der Waals surface area contributed by atoms with E-state index in [1.165, 1.54) is 52.0 Å². The van der Waals surface area contributed by atoms with Crippen molar-refractivity contribution in [2.45, 2.75) is 59.0 Å². The van der Waals surface area contributed by atoms with Crippen LogP contribution in [0.3, 0.4) is 0 Å². The van der Waals surface area contributed by atoms with Crippen molar-refractivity contribution in [1.82, 2.24) is 15.1 Å². The average molecular weight is 255 g/mol. The molecule has 3 nitrogen and oxygen atoms in total. The lowest BCUT2D eigenvalue weighted by molar-refractivity contribution is 0.222. The first-order chi connectivity index (χ1) is 8.71. The molecule has 0 amide bonds. The molecule has 1 N–H and O–H groups in total. The second-order valence-electron chi connectivity index (χ2n) is 5.56. The van der Waals surface area contributed by atoms with Crippen molar-refractivity contribution < 1.29 is 0 Å². The molecule has 1 saturated heterocycles. The molecule has 0 radical (unpaired) electrons. The van der Waals surface area contributed by atoms with Crippen molar-refractivity contribution in [2.75, 3.05) is 39.3 Å². The van der Waals surface area contributed by atoms with E-state index in [1.54, 1.807) is 0 Å². The van der Waals surface area contributed by atoms with E-state index in [9.17, 15) is 0 Å². The van der Waals surface area contributed by atoms with Crippen LogP contribution in [0.25, 0.3) is 0 Å². The van der Waals surface area contributed by atoms with Crippen LogP contribution in [0.5, 0.6) is 0 Å². The van der Waals surface area contributed by atoms with Crippen LogP contribution in [0, 0.1) is 0 Å². The summed E-state index contributed by atoms with van der Waals surface area (Å²) in [5, 5.41) is 3.57. The number of likely N-dealkylation sites (N-methyl/N-ethyl adjacent to an activating group) is 1. The summed E-state index contributed by atoms with van der Waals surface area (Å²) in [4.78, 5) is 5.19. The van der Waals surface area contributed by atoms with E-state index in [1.807, 2.05) is 0 Å². The maximum Gasteiger partial charge on any atom is 0.0207 e. The Hall–Kier alpha value is -0.120. The Morgan fingerprint density at radius 3 is 2.61 bits per heavy atom. The molecule has 1 rings (SSSR count). The van der Waals surface area contributed by atoms with Crippen LogP contribution in [0.4, 0.5) is 0 Å². The third-order valence-corrected chi connectivity index (χ3v) is 4.33. The lowest BCUT2D eigenvalue weighted by Gasteiger charge is -2.26. The van der Waals surface area contributed by atoms with Crippen molar-refractivity contribution >= 4 is 0 Å². The van der Waals surface area contributed by atoms with Gasteiger partial charge >= 0.3 is 0 Å². The summed E-state index contributed by atoms with van der Waals surface area (Å²) in [6.45, 7) is 16.4. The first kappa shape index (κ1) is 15.9. The first-order valence-corrected chi connectivity index (χ1v) is 7.90. The Balaban J connectivity index is 2.15. The molecule has 2 unspecified atom stereocenters. The first-order valence-electron chi connectivity index (χ1n) is 7.90. The van der Waals surface area contributed by atoms with Gasteiger partial charge in [-0.25, -0.2) is 0 Å². The molecule has 108 valence electrons. The van der Waals surface area contributed by atoms with Gasteiger partial charge in [0.1, 0.15) is 0 Å². The van der Waals surface area contributed by atoms with Crippen LogP contribution >= 0.6 is 0 Å². The van der Waals surface area contributed by atoms with Gasteiger partial charge in [0.05, 0.1) is 0 Å². The van der Waals surface area contributed by atoms with Gasteiger partial charge < -0.3 is 10.2 Å². The summed E-state index contributed by atoms with van der Waals surface area (Å²) < 4.78 is 0. The van der Waals surface area contributed by atoms with Crippen LogP contribution in [-0.4, -0.2) is 61.2 Å². The molecule has 0 aromatic heterocycles. The lowest BCUT2D eigenvalue weighted by atomic mass is 10.1. The molecule has 18 heavy (non-hydrogen) atoms. The second-order valence-corrected chi connectivity index (χ2v) is 5.56. The zero-order valence-corrected chi connectivity index (χ0v) is 12.9. The largest absolute Gasteiger partial charge is 0.313 e. The summed E-state index contributed by atoms with van der Waals surface area (Å²) in [5.41, 5.74) is 0. The molecule has 3 heteroatoms. The van der Waals surface area contributed by atoms with Gasteiger partial charge in [-0.2, -0.15) is 0 Å². The van der Waals surface area contributed by atoms with Gasteiger partial charge in [0.25, 0.3) is 0 Å². The monoisotopic (exact) mass is 255 g/mol. The predicted octanol–water partition coefficient (Wildman–Crippen LogP) is 2.18. The third-order valence-electron chi connectivity index (χ3n) is 4.33. The molecule has 0 aromatic rings. The number of likely N-dealkylation sites (tertiary alicyclic amines) is 1. The Labute approximate surface area is 114 Å². The number of hydrogen-bond acceptors (Lipinski definition) is 3. The maximum absolute atomic E-state index is 3.57. The summed E-state index contributed by atoms with van der Waals surface area (Å²) in [7, 11) is 0. The summed E-state index contributed by atoms with van der Waals surface area (Å²) in [6.07, 6.45) is 4.01. The van der Waals surface area contributed by atoms with Crippen molar-refractivity contribution in [2.24, 2.45) is 0 Å². The van der Waals surface area contributed by atoms with Gasteiger partial charge in [0.2, 0.25) is 0 Å². The van der Waals surface area contributed by atoms with Crippen molar-refractivity contribution in [3.05, 3.63) is 0 Å². The Morgan fingerprint density at radius 1 is 1.28 bits per heavy atom. The van der Waals surface area contributed by atoms with Gasteiger partial charge in [-0.05, 0) is 52.4 Å². The van der Waals surface area contributed by atoms with E-state index in [4.69, 9.17) is 0 Å². The summed E-state index contributed by atoms with van der Waals surface area (Å²) in [5.74, 6) is 0. The summed E-state index contributed by atoms with van der Waals surface area (Å²) >= 11 is 0. The highest BCUT2D eigenvalue weighted by molar-refractivity contribution is 4.83. The SMILES string of the molecule is CCNC1CCN(C(C)CCCN(CC)CC)C1. The fraction of sp³-hybridized carbons (Fsp3) is 1.00. The average Bonchev–Trinajstić information content (AvgIpc) is 2.83. The number of nitrogens with zero attached hydrogens (tertiary/aromatic N) is 2. The van der Waals surface area contributed by atoms with E-state index in [2.05, 4.69) is 42.8 Å². The molecule has 1 heterocycles. The molecule has 0 aromatic carbocycles. The lowest BCUT2D eigenvalue weighted by Crippen LogP contribution is -2.36. The molecule has 0 spiro atoms. The zero-order chi connectivity index (χ0) is 13.4. The van der Waals surface area contributed by atoms with Crippen molar-refractivity contribution in [3.8, 4) is 0 Å². The highest BCUT2D eigenvalue weighted by Gasteiger charge is 2.24. The minimum absolute atomic E-state index is 0.736. The predicted molar refractivity (Wildman–Crippen MR) is 80.1 cm³/mol. The van der Waals surface area contributed by atoms with E-state index in [0.29, 0.717) is 0 Å². The van der Waals surface area contributed by atoms with Gasteiger partial charge in [-0.1, -0.05) is 20.8 Å². The number of hydrogen-bond donors (Lipinski definition) is 1. The van der Waals surface area contributed by atoms with Crippen LogP contribution in [0.15, 0.2) is 0 Å². The van der Waals surface area contributed by atoms with E-state index < -0.39 is 0 Å². The third kappa shape index (κ3) is 5.25. The second kappa shape index (κ2) is 8.89. The molecule has 0 saturated carbocycles. The minimum atomic E-state index is 0.736. The van der Waals surface area contributed by atoms with E-state index in [-0.39, 0.29) is 0 Å². The Bertz CT molecular complexity index is 204. The van der Waals surface area contributed by atoms with Crippen LogP contribution in [0.2, 0.25) is 0 Å². The van der Waals surface area contributed by atoms with Gasteiger partial charge in [0, 0.05) is 25.2 Å². The standard InChI is InChI=1S/C15H33N3/c1-5-16-15-10-12-18(13-15)14(4)9-8-11-17(6-2)7-3/h14-16H,5-13H2,1-4H3. The van der Waals surface area contributed by atoms with Gasteiger partial charge in [0.15, 0.2) is 0 Å². The van der Waals surface area contributed by atoms with Crippen molar-refractivity contribution in [1.29, 1.82) is 0 Å². The van der Waals surface area contributed by atoms with Crippen LogP contribution in [0.1, 0.15) is 47.0 Å². The highest BCUT2D eigenvalue weighted by atomic mass is 15.2. The van der Waals surface area contributed by atoms with E-state index in [0.717, 1.165) is 18.6 Å². The Kier molecular flexibility index (Phi) is 7.87. The molecular weight excluding hydrogens is 222 g/mol. The van der Waals surface area contributed by atoms with E-state index >= 15 is 0 Å². The summed E-state index contributed by atoms with van der Waals surface area (Å²) in [6, 6.07) is 1.49. The van der Waals surface area contributed by atoms with Gasteiger partial charge in [-0.15, -0.1) is 0 Å². The molecule has 0 aliphatic carbocycles. The molecule has 0 bridgehead atoms. The molecular formula is C15H33N3. The Morgan fingerprint density at radius 2 is 2.00 bits per heavy atom.